The fourth-order valence-electron chi connectivity index (χ4n) is 3.11. The smallest absolute Gasteiger partial charge is 0.241 e. The van der Waals surface area contributed by atoms with Gasteiger partial charge in [0.2, 0.25) is 11.8 Å². The first-order chi connectivity index (χ1) is 11.2. The molecule has 132 valence electrons. The Morgan fingerprint density at radius 3 is 2.42 bits per heavy atom. The van der Waals surface area contributed by atoms with Crippen LogP contribution in [0.3, 0.4) is 0 Å². The second kappa shape index (κ2) is 7.53. The summed E-state index contributed by atoms with van der Waals surface area (Å²) in [6.45, 7) is 6.59. The van der Waals surface area contributed by atoms with E-state index in [2.05, 4.69) is 10.6 Å². The minimum atomic E-state index is -0.495. The van der Waals surface area contributed by atoms with Crippen LogP contribution in [0.4, 0.5) is 0 Å². The molecule has 0 aromatic heterocycles. The normalized spacial score (nSPS) is 19.8. The highest BCUT2D eigenvalue weighted by Gasteiger charge is 2.39. The van der Waals surface area contributed by atoms with E-state index in [9.17, 15) is 9.59 Å². The van der Waals surface area contributed by atoms with Crippen molar-refractivity contribution >= 4 is 23.4 Å². The van der Waals surface area contributed by atoms with Gasteiger partial charge in [0, 0.05) is 24.2 Å². The Labute approximate surface area is 148 Å². The van der Waals surface area contributed by atoms with E-state index in [-0.39, 0.29) is 23.4 Å². The van der Waals surface area contributed by atoms with Crippen LogP contribution < -0.4 is 10.6 Å². The zero-order valence-corrected chi connectivity index (χ0v) is 15.5. The Kier molecular flexibility index (Phi) is 5.88. The van der Waals surface area contributed by atoms with E-state index in [0.717, 1.165) is 18.4 Å². The Morgan fingerprint density at radius 1 is 1.25 bits per heavy atom. The van der Waals surface area contributed by atoms with Crippen LogP contribution in [0.1, 0.15) is 45.2 Å². The predicted octanol–water partition coefficient (Wildman–Crippen LogP) is 2.51. The van der Waals surface area contributed by atoms with Crippen LogP contribution in [-0.4, -0.2) is 41.9 Å². The van der Waals surface area contributed by atoms with Crippen LogP contribution in [0.2, 0.25) is 5.02 Å². The second-order valence-electron chi connectivity index (χ2n) is 7.20. The molecule has 1 fully saturated rings. The van der Waals surface area contributed by atoms with Crippen molar-refractivity contribution in [1.82, 2.24) is 15.5 Å². The van der Waals surface area contributed by atoms with Gasteiger partial charge in [-0.05, 0) is 51.3 Å². The largest absolute Gasteiger partial charge is 0.358 e. The maximum absolute atomic E-state index is 12.7. The Morgan fingerprint density at radius 2 is 1.88 bits per heavy atom. The molecule has 1 aromatic rings. The molecule has 2 N–H and O–H groups in total. The van der Waals surface area contributed by atoms with Crippen molar-refractivity contribution in [3.8, 4) is 0 Å². The zero-order chi connectivity index (χ0) is 17.9. The number of carbonyl (C=O) groups excluding carboxylic acids is 2. The first-order valence-electron chi connectivity index (χ1n) is 8.28. The van der Waals surface area contributed by atoms with E-state index in [0.29, 0.717) is 11.6 Å². The molecule has 1 aliphatic rings. The molecular weight excluding hydrogens is 326 g/mol. The highest BCUT2D eigenvalue weighted by Crippen LogP contribution is 2.31. The monoisotopic (exact) mass is 351 g/mol. The molecule has 0 spiro atoms. The predicted molar refractivity (Wildman–Crippen MR) is 95.9 cm³/mol. The number of nitrogens with one attached hydrogen (secondary N) is 2. The summed E-state index contributed by atoms with van der Waals surface area (Å²) in [4.78, 5) is 27.2. The number of likely N-dealkylation sites (tertiary alicyclic amines) is 1. The van der Waals surface area contributed by atoms with Crippen LogP contribution in [0.25, 0.3) is 0 Å². The first-order valence-corrected chi connectivity index (χ1v) is 8.65. The molecular formula is C18H26ClN3O2. The van der Waals surface area contributed by atoms with Gasteiger partial charge in [-0.3, -0.25) is 14.5 Å². The SMILES string of the molecule is CNC(=O)C(c1ccc(Cl)cc1)N1CCCC1C(=O)NC(C)(C)C. The minimum Gasteiger partial charge on any atom is -0.358 e. The number of likely N-dealkylation sites (N-methyl/N-ethyl adjacent to an activating group) is 1. The summed E-state index contributed by atoms with van der Waals surface area (Å²) in [7, 11) is 1.62. The number of benzene rings is 1. The Hall–Kier alpha value is -1.59. The summed E-state index contributed by atoms with van der Waals surface area (Å²) in [5.74, 6) is -0.143. The van der Waals surface area contributed by atoms with Gasteiger partial charge >= 0.3 is 0 Å². The Bertz CT molecular complexity index is 595. The summed E-state index contributed by atoms with van der Waals surface area (Å²) >= 11 is 5.96. The van der Waals surface area contributed by atoms with Crippen molar-refractivity contribution in [2.75, 3.05) is 13.6 Å². The zero-order valence-electron chi connectivity index (χ0n) is 14.7. The molecule has 2 atom stereocenters. The molecule has 1 aromatic carbocycles. The number of carbonyl (C=O) groups is 2. The van der Waals surface area contributed by atoms with Gasteiger partial charge in [-0.2, -0.15) is 0 Å². The van der Waals surface area contributed by atoms with Gasteiger partial charge in [-0.25, -0.2) is 0 Å². The molecule has 1 saturated heterocycles. The van der Waals surface area contributed by atoms with Gasteiger partial charge in [0.1, 0.15) is 6.04 Å². The average molecular weight is 352 g/mol. The molecule has 1 aliphatic heterocycles. The molecule has 5 nitrogen and oxygen atoms in total. The fourth-order valence-corrected chi connectivity index (χ4v) is 3.23. The minimum absolute atomic E-state index is 0.0251. The van der Waals surface area contributed by atoms with Crippen LogP contribution in [0, 0.1) is 0 Å². The molecule has 0 bridgehead atoms. The number of rotatable bonds is 4. The van der Waals surface area contributed by atoms with E-state index in [1.165, 1.54) is 0 Å². The molecule has 2 rings (SSSR count). The maximum Gasteiger partial charge on any atom is 0.241 e. The summed E-state index contributed by atoms with van der Waals surface area (Å²) in [6.07, 6.45) is 1.65. The summed E-state index contributed by atoms with van der Waals surface area (Å²) in [6, 6.07) is 6.44. The number of hydrogen-bond donors (Lipinski definition) is 2. The topological polar surface area (TPSA) is 61.4 Å². The summed E-state index contributed by atoms with van der Waals surface area (Å²) in [5, 5.41) is 6.37. The molecule has 0 radical (unpaired) electrons. The third-order valence-corrected chi connectivity index (χ3v) is 4.36. The van der Waals surface area contributed by atoms with Crippen molar-refractivity contribution in [2.45, 2.75) is 51.2 Å². The quantitative estimate of drug-likeness (QED) is 0.876. The lowest BCUT2D eigenvalue weighted by Crippen LogP contribution is -2.52. The third kappa shape index (κ3) is 4.48. The molecule has 1 heterocycles. The number of amides is 2. The number of nitrogens with zero attached hydrogens (tertiary/aromatic N) is 1. The summed E-state index contributed by atoms with van der Waals surface area (Å²) in [5.41, 5.74) is 0.544. The van der Waals surface area contributed by atoms with Crippen molar-refractivity contribution < 1.29 is 9.59 Å². The van der Waals surface area contributed by atoms with Crippen LogP contribution >= 0.6 is 11.6 Å². The van der Waals surface area contributed by atoms with Crippen LogP contribution in [0.5, 0.6) is 0 Å². The van der Waals surface area contributed by atoms with Crippen molar-refractivity contribution in [3.63, 3.8) is 0 Å². The van der Waals surface area contributed by atoms with Gasteiger partial charge in [0.05, 0.1) is 6.04 Å². The highest BCUT2D eigenvalue weighted by molar-refractivity contribution is 6.30. The van der Waals surface area contributed by atoms with E-state index in [4.69, 9.17) is 11.6 Å². The van der Waals surface area contributed by atoms with Gasteiger partial charge in [0.25, 0.3) is 0 Å². The number of halogens is 1. The van der Waals surface area contributed by atoms with E-state index in [1.54, 1.807) is 19.2 Å². The molecule has 2 amide bonds. The number of hydrogen-bond acceptors (Lipinski definition) is 3. The maximum atomic E-state index is 12.7. The van der Waals surface area contributed by atoms with Crippen LogP contribution in [0.15, 0.2) is 24.3 Å². The van der Waals surface area contributed by atoms with Crippen molar-refractivity contribution in [3.05, 3.63) is 34.9 Å². The highest BCUT2D eigenvalue weighted by atomic mass is 35.5. The van der Waals surface area contributed by atoms with E-state index in [1.807, 2.05) is 37.8 Å². The van der Waals surface area contributed by atoms with E-state index >= 15 is 0 Å². The molecule has 0 saturated carbocycles. The lowest BCUT2D eigenvalue weighted by molar-refractivity contribution is -0.131. The van der Waals surface area contributed by atoms with Crippen molar-refractivity contribution in [1.29, 1.82) is 0 Å². The van der Waals surface area contributed by atoms with Gasteiger partial charge in [-0.1, -0.05) is 23.7 Å². The molecule has 2 unspecified atom stereocenters. The standard InChI is InChI=1S/C18H26ClN3O2/c1-18(2,3)21-16(23)14-6-5-11-22(14)15(17(24)20-4)12-7-9-13(19)10-8-12/h7-10,14-15H,5-6,11H2,1-4H3,(H,20,24)(H,21,23). The molecule has 0 aliphatic carbocycles. The van der Waals surface area contributed by atoms with Crippen molar-refractivity contribution in [2.24, 2.45) is 0 Å². The Balaban J connectivity index is 2.29. The van der Waals surface area contributed by atoms with Gasteiger partial charge in [-0.15, -0.1) is 0 Å². The summed E-state index contributed by atoms with van der Waals surface area (Å²) < 4.78 is 0. The molecule has 6 heteroatoms. The third-order valence-electron chi connectivity index (χ3n) is 4.11. The van der Waals surface area contributed by atoms with Gasteiger partial charge in [0.15, 0.2) is 0 Å². The van der Waals surface area contributed by atoms with E-state index < -0.39 is 6.04 Å². The first kappa shape index (κ1) is 18.7. The average Bonchev–Trinajstić information content (AvgIpc) is 2.97. The lowest BCUT2D eigenvalue weighted by Gasteiger charge is -2.33. The molecule has 24 heavy (non-hydrogen) atoms. The second-order valence-corrected chi connectivity index (χ2v) is 7.64. The lowest BCUT2D eigenvalue weighted by atomic mass is 10.0. The van der Waals surface area contributed by atoms with Gasteiger partial charge < -0.3 is 10.6 Å². The fraction of sp³-hybridized carbons (Fsp3) is 0.556. The van der Waals surface area contributed by atoms with Crippen LogP contribution in [-0.2, 0) is 9.59 Å².